The molecule has 0 aromatic carbocycles. The van der Waals surface area contributed by atoms with Crippen LogP contribution in [0.2, 0.25) is 38.3 Å². The van der Waals surface area contributed by atoms with Crippen LogP contribution in [0.5, 0.6) is 0 Å². The molecule has 21 heavy (non-hydrogen) atoms. The Kier molecular flexibility index (Phi) is 9.36. The maximum Gasteiger partial charge on any atom is 0.333 e. The fourth-order valence-electron chi connectivity index (χ4n) is 2.28. The topological polar surface area (TPSA) is 44.8 Å². The Balaban J connectivity index is 4.06. The molecule has 0 radical (unpaired) electrons. The molecule has 0 aromatic rings. The number of rotatable bonds is 11. The molecule has 0 aliphatic rings. The minimum atomic E-state index is -1.69. The summed E-state index contributed by atoms with van der Waals surface area (Å²) < 4.78 is 16.7. The molecule has 0 unspecified atom stereocenters. The van der Waals surface area contributed by atoms with Gasteiger partial charge in [0.15, 0.2) is 16.6 Å². The summed E-state index contributed by atoms with van der Waals surface area (Å²) in [4.78, 5) is 11.3. The first-order valence-corrected chi connectivity index (χ1v) is 13.8. The van der Waals surface area contributed by atoms with Crippen LogP contribution in [0.1, 0.15) is 19.8 Å². The largest absolute Gasteiger partial charge is 0.462 e. The Hall–Kier alpha value is -0.436. The minimum absolute atomic E-state index is 0.301. The predicted molar refractivity (Wildman–Crippen MR) is 92.5 cm³/mol. The quantitative estimate of drug-likeness (QED) is 0.249. The third-order valence-corrected chi connectivity index (χ3v) is 10.7. The third-order valence-electron chi connectivity index (χ3n) is 3.18. The number of hydrogen-bond donors (Lipinski definition) is 0. The minimum Gasteiger partial charge on any atom is -0.462 e. The summed E-state index contributed by atoms with van der Waals surface area (Å²) in [6, 6.07) is 2.14. The normalized spacial score (nSPS) is 12.3. The van der Waals surface area contributed by atoms with Gasteiger partial charge in [0.05, 0.1) is 6.61 Å². The fourth-order valence-corrected chi connectivity index (χ4v) is 11.1. The Labute approximate surface area is 132 Å². The van der Waals surface area contributed by atoms with Crippen LogP contribution in [0, 0.1) is 0 Å². The summed E-state index contributed by atoms with van der Waals surface area (Å²) >= 11 is 0. The van der Waals surface area contributed by atoms with Crippen molar-refractivity contribution in [2.24, 2.45) is 0 Å². The number of ether oxygens (including phenoxy) is 2. The monoisotopic (exact) mass is 332 g/mol. The molecule has 4 nitrogen and oxygen atoms in total. The number of methoxy groups -OCH3 is 1. The number of hydrogen-bond acceptors (Lipinski definition) is 4. The predicted octanol–water partition coefficient (Wildman–Crippen LogP) is 3.96. The van der Waals surface area contributed by atoms with Crippen molar-refractivity contribution in [1.29, 1.82) is 0 Å². The molecule has 0 heterocycles. The zero-order chi connectivity index (χ0) is 16.5. The highest BCUT2D eigenvalue weighted by Gasteiger charge is 2.32. The van der Waals surface area contributed by atoms with Crippen LogP contribution in [0.3, 0.4) is 0 Å². The van der Waals surface area contributed by atoms with Gasteiger partial charge in [-0.15, -0.1) is 0 Å². The molecule has 6 heteroatoms. The van der Waals surface area contributed by atoms with Gasteiger partial charge in [0.1, 0.15) is 0 Å². The Morgan fingerprint density at radius 3 is 1.90 bits per heavy atom. The van der Waals surface area contributed by atoms with E-state index in [1.807, 2.05) is 0 Å². The van der Waals surface area contributed by atoms with Gasteiger partial charge >= 0.3 is 5.97 Å². The van der Waals surface area contributed by atoms with E-state index in [2.05, 4.69) is 32.8 Å². The number of carbonyl (C=O) groups excluding carboxylic acids is 1. The first kappa shape index (κ1) is 20.6. The lowest BCUT2D eigenvalue weighted by Crippen LogP contribution is -2.44. The average Bonchev–Trinajstić information content (AvgIpc) is 2.33. The van der Waals surface area contributed by atoms with Crippen LogP contribution in [0.4, 0.5) is 0 Å². The van der Waals surface area contributed by atoms with E-state index in [1.54, 1.807) is 14.0 Å². The summed E-state index contributed by atoms with van der Waals surface area (Å²) in [7, 11) is -1.57. The summed E-state index contributed by atoms with van der Waals surface area (Å²) in [6.45, 7) is 15.5. The van der Waals surface area contributed by atoms with E-state index in [1.165, 1.54) is 0 Å². The highest BCUT2D eigenvalue weighted by Crippen LogP contribution is 2.23. The second-order valence-electron chi connectivity index (χ2n) is 6.74. The van der Waals surface area contributed by atoms with Crippen LogP contribution >= 0.6 is 0 Å². The van der Waals surface area contributed by atoms with E-state index < -0.39 is 16.6 Å². The molecular formula is C15H32O4Si2. The molecule has 0 N–H and O–H groups in total. The summed E-state index contributed by atoms with van der Waals surface area (Å²) in [5.41, 5.74) is 0.453. The van der Waals surface area contributed by atoms with Crippen molar-refractivity contribution in [1.82, 2.24) is 0 Å². The fraction of sp³-hybridized carbons (Fsp3) is 0.800. The first-order chi connectivity index (χ1) is 9.59. The highest BCUT2D eigenvalue weighted by atomic mass is 28.4. The van der Waals surface area contributed by atoms with Crippen molar-refractivity contribution >= 4 is 22.6 Å². The van der Waals surface area contributed by atoms with Crippen molar-refractivity contribution in [3.05, 3.63) is 12.2 Å². The molecule has 0 saturated heterocycles. The van der Waals surface area contributed by atoms with Crippen molar-refractivity contribution in [2.75, 3.05) is 20.3 Å². The molecule has 0 aliphatic heterocycles. The SMILES string of the molecule is C=C(C)C(=O)OCCC[Si](C)(C)O[Si](C)(C)CCCOC. The van der Waals surface area contributed by atoms with Crippen molar-refractivity contribution in [3.63, 3.8) is 0 Å². The Morgan fingerprint density at radius 2 is 1.48 bits per heavy atom. The lowest BCUT2D eigenvalue weighted by atomic mass is 10.4. The summed E-state index contributed by atoms with van der Waals surface area (Å²) in [5, 5.41) is 0. The lowest BCUT2D eigenvalue weighted by Gasteiger charge is -2.34. The zero-order valence-corrected chi connectivity index (χ0v) is 16.6. The van der Waals surface area contributed by atoms with E-state index in [0.717, 1.165) is 31.5 Å². The summed E-state index contributed by atoms with van der Waals surface area (Å²) in [6.07, 6.45) is 1.93. The molecule has 0 rings (SSSR count). The van der Waals surface area contributed by atoms with Crippen LogP contribution in [-0.2, 0) is 18.4 Å². The van der Waals surface area contributed by atoms with Gasteiger partial charge in [0.2, 0.25) is 0 Å². The van der Waals surface area contributed by atoms with Crippen LogP contribution in [0.15, 0.2) is 12.2 Å². The van der Waals surface area contributed by atoms with Gasteiger partial charge in [-0.05, 0) is 58.0 Å². The summed E-state index contributed by atoms with van der Waals surface area (Å²) in [5.74, 6) is -0.301. The van der Waals surface area contributed by atoms with Gasteiger partial charge in [0, 0.05) is 19.3 Å². The van der Waals surface area contributed by atoms with Gasteiger partial charge in [-0.1, -0.05) is 6.58 Å². The highest BCUT2D eigenvalue weighted by molar-refractivity contribution is 6.84. The van der Waals surface area contributed by atoms with E-state index >= 15 is 0 Å². The standard InChI is InChI=1S/C15H32O4Si2/c1-14(2)15(16)18-11-9-13-21(6,7)19-20(4,5)12-8-10-17-3/h1,8-13H2,2-7H3. The molecule has 0 bridgehead atoms. The van der Waals surface area contributed by atoms with Gasteiger partial charge in [-0.3, -0.25) is 0 Å². The van der Waals surface area contributed by atoms with Gasteiger partial charge in [-0.2, -0.15) is 0 Å². The van der Waals surface area contributed by atoms with E-state index in [0.29, 0.717) is 12.2 Å². The zero-order valence-electron chi connectivity index (χ0n) is 14.6. The molecule has 124 valence electrons. The molecule has 0 atom stereocenters. The second-order valence-corrected chi connectivity index (χ2v) is 15.6. The number of esters is 1. The molecule has 0 spiro atoms. The van der Waals surface area contributed by atoms with Crippen LogP contribution in [-0.4, -0.2) is 42.9 Å². The van der Waals surface area contributed by atoms with Crippen LogP contribution < -0.4 is 0 Å². The molecular weight excluding hydrogens is 300 g/mol. The van der Waals surface area contributed by atoms with Crippen molar-refractivity contribution in [3.8, 4) is 0 Å². The van der Waals surface area contributed by atoms with Gasteiger partial charge < -0.3 is 13.6 Å². The average molecular weight is 333 g/mol. The maximum atomic E-state index is 11.3. The van der Waals surface area contributed by atoms with E-state index in [9.17, 15) is 4.79 Å². The second kappa shape index (κ2) is 9.55. The van der Waals surface area contributed by atoms with Gasteiger partial charge in [0.25, 0.3) is 0 Å². The molecule has 0 fully saturated rings. The Bertz CT molecular complexity index is 341. The van der Waals surface area contributed by atoms with Crippen LogP contribution in [0.25, 0.3) is 0 Å². The van der Waals surface area contributed by atoms with Crippen molar-refractivity contribution < 1.29 is 18.4 Å². The Morgan fingerprint density at radius 1 is 1.00 bits per heavy atom. The molecule has 0 aliphatic carbocycles. The molecule has 0 saturated carbocycles. The van der Waals surface area contributed by atoms with E-state index in [4.69, 9.17) is 13.6 Å². The third kappa shape index (κ3) is 10.9. The maximum absolute atomic E-state index is 11.3. The lowest BCUT2D eigenvalue weighted by molar-refractivity contribution is -0.138. The van der Waals surface area contributed by atoms with Crippen molar-refractivity contribution in [2.45, 2.75) is 58.0 Å². The molecule has 0 aromatic heterocycles. The smallest absolute Gasteiger partial charge is 0.333 e. The number of carbonyl (C=O) groups is 1. The van der Waals surface area contributed by atoms with Gasteiger partial charge in [-0.25, -0.2) is 4.79 Å². The first-order valence-electron chi connectivity index (χ1n) is 7.61. The molecule has 0 amide bonds. The van der Waals surface area contributed by atoms with E-state index in [-0.39, 0.29) is 5.97 Å².